The van der Waals surface area contributed by atoms with Crippen molar-refractivity contribution in [2.24, 2.45) is 5.92 Å². The summed E-state index contributed by atoms with van der Waals surface area (Å²) in [4.78, 5) is 55.6. The van der Waals surface area contributed by atoms with Crippen molar-refractivity contribution in [1.82, 2.24) is 20.4 Å². The average Bonchev–Trinajstić information content (AvgIpc) is 3.41. The van der Waals surface area contributed by atoms with Gasteiger partial charge in [0.25, 0.3) is 11.8 Å². The van der Waals surface area contributed by atoms with Crippen LogP contribution in [0.4, 0.5) is 19.7 Å². The number of likely N-dealkylation sites (tertiary alicyclic amines) is 1. The molecule has 0 bridgehead atoms. The van der Waals surface area contributed by atoms with Gasteiger partial charge in [-0.3, -0.25) is 19.4 Å². The maximum absolute atomic E-state index is 13.3. The number of hydrogen-bond acceptors (Lipinski definition) is 4. The van der Waals surface area contributed by atoms with Gasteiger partial charge in [0, 0.05) is 37.4 Å². The number of carbonyl (C=O) groups excluding carboxylic acids is 4. The molecule has 0 spiro atoms. The third-order valence-electron chi connectivity index (χ3n) is 7.42. The van der Waals surface area contributed by atoms with Gasteiger partial charge in [-0.25, -0.2) is 14.0 Å². The summed E-state index contributed by atoms with van der Waals surface area (Å²) in [6.07, 6.45) is 1.12. The zero-order valence-corrected chi connectivity index (χ0v) is 20.0. The van der Waals surface area contributed by atoms with Gasteiger partial charge in [-0.05, 0) is 61.6 Å². The molecule has 2 aromatic rings. The summed E-state index contributed by atoms with van der Waals surface area (Å²) >= 11 is 0. The second-order valence-corrected chi connectivity index (χ2v) is 9.65. The number of nitrogens with zero attached hydrogens (tertiary/aromatic N) is 3. The topological polar surface area (TPSA) is 102 Å². The first-order chi connectivity index (χ1) is 17.3. The van der Waals surface area contributed by atoms with Crippen LogP contribution in [0, 0.1) is 11.7 Å². The lowest BCUT2D eigenvalue weighted by Crippen LogP contribution is -2.54. The van der Waals surface area contributed by atoms with Crippen LogP contribution in [0.3, 0.4) is 0 Å². The molecule has 1 unspecified atom stereocenters. The van der Waals surface area contributed by atoms with Gasteiger partial charge >= 0.3 is 12.1 Å². The van der Waals surface area contributed by atoms with Crippen LogP contribution in [0.2, 0.25) is 0 Å². The number of benzene rings is 2. The van der Waals surface area contributed by atoms with E-state index in [0.29, 0.717) is 55.8 Å². The highest BCUT2D eigenvalue weighted by molar-refractivity contribution is 6.07. The first-order valence-electron chi connectivity index (χ1n) is 12.1. The summed E-state index contributed by atoms with van der Waals surface area (Å²) in [6, 6.07) is 12.1. The molecule has 36 heavy (non-hydrogen) atoms. The van der Waals surface area contributed by atoms with E-state index in [-0.39, 0.29) is 36.1 Å². The van der Waals surface area contributed by atoms with Gasteiger partial charge in [0.05, 0.1) is 6.54 Å². The van der Waals surface area contributed by atoms with E-state index in [1.807, 2.05) is 0 Å². The Morgan fingerprint density at radius 3 is 2.42 bits per heavy atom. The Morgan fingerprint density at radius 2 is 1.75 bits per heavy atom. The standard InChI is InChI=1S/C26H28FN5O4/c1-26(23(34)32(25(36)29-26)16-17-5-7-20(27)8-6-17)19-9-12-30(13-10-19)22(33)18-3-2-4-21(15-18)31-14-11-28-24(31)35/h2-8,15,19H,9-14,16H2,1H3,(H,28,35)(H,29,36). The normalized spacial score (nSPS) is 22.7. The Morgan fingerprint density at radius 1 is 1.03 bits per heavy atom. The molecule has 3 saturated heterocycles. The van der Waals surface area contributed by atoms with Crippen LogP contribution in [0.5, 0.6) is 0 Å². The molecular weight excluding hydrogens is 465 g/mol. The van der Waals surface area contributed by atoms with E-state index in [2.05, 4.69) is 10.6 Å². The molecule has 3 aliphatic rings. The van der Waals surface area contributed by atoms with Crippen LogP contribution in [-0.4, -0.2) is 65.4 Å². The van der Waals surface area contributed by atoms with Crippen molar-refractivity contribution in [3.05, 3.63) is 65.5 Å². The van der Waals surface area contributed by atoms with Crippen molar-refractivity contribution >= 4 is 29.6 Å². The Hall–Kier alpha value is -3.95. The second-order valence-electron chi connectivity index (χ2n) is 9.65. The van der Waals surface area contributed by atoms with Crippen LogP contribution in [0.25, 0.3) is 0 Å². The van der Waals surface area contributed by atoms with Crippen molar-refractivity contribution in [1.29, 1.82) is 0 Å². The molecule has 6 amide bonds. The van der Waals surface area contributed by atoms with E-state index in [1.54, 1.807) is 53.1 Å². The number of amides is 6. The molecule has 0 radical (unpaired) electrons. The first kappa shape index (κ1) is 23.8. The maximum Gasteiger partial charge on any atom is 0.325 e. The van der Waals surface area contributed by atoms with E-state index in [4.69, 9.17) is 0 Å². The molecule has 1 atom stereocenters. The predicted molar refractivity (Wildman–Crippen MR) is 130 cm³/mol. The highest BCUT2D eigenvalue weighted by atomic mass is 19.1. The Balaban J connectivity index is 1.23. The fourth-order valence-corrected chi connectivity index (χ4v) is 5.28. The molecule has 3 aliphatic heterocycles. The summed E-state index contributed by atoms with van der Waals surface area (Å²) in [5.74, 6) is -0.941. The number of halogens is 1. The number of hydrogen-bond donors (Lipinski definition) is 2. The summed E-state index contributed by atoms with van der Waals surface area (Å²) in [7, 11) is 0. The fourth-order valence-electron chi connectivity index (χ4n) is 5.28. The Kier molecular flexibility index (Phi) is 6.11. The van der Waals surface area contributed by atoms with E-state index in [9.17, 15) is 23.6 Å². The summed E-state index contributed by atoms with van der Waals surface area (Å²) in [5.41, 5.74) is 0.791. The van der Waals surface area contributed by atoms with Gasteiger partial charge in [-0.2, -0.15) is 0 Å². The highest BCUT2D eigenvalue weighted by Gasteiger charge is 2.52. The Bertz CT molecular complexity index is 1210. The first-order valence-corrected chi connectivity index (χ1v) is 12.1. The largest absolute Gasteiger partial charge is 0.339 e. The predicted octanol–water partition coefficient (Wildman–Crippen LogP) is 2.72. The molecule has 0 aliphatic carbocycles. The minimum absolute atomic E-state index is 0.0727. The van der Waals surface area contributed by atoms with Crippen molar-refractivity contribution in [2.75, 3.05) is 31.1 Å². The number of piperidine rings is 1. The average molecular weight is 494 g/mol. The molecule has 3 fully saturated rings. The lowest BCUT2D eigenvalue weighted by Gasteiger charge is -2.39. The molecule has 188 valence electrons. The smallest absolute Gasteiger partial charge is 0.325 e. The molecule has 0 saturated carbocycles. The summed E-state index contributed by atoms with van der Waals surface area (Å²) in [5, 5.41) is 5.62. The summed E-state index contributed by atoms with van der Waals surface area (Å²) in [6.45, 7) is 3.84. The van der Waals surface area contributed by atoms with E-state index in [0.717, 1.165) is 0 Å². The van der Waals surface area contributed by atoms with Gasteiger partial charge in [-0.1, -0.05) is 18.2 Å². The molecule has 0 aromatic heterocycles. The lowest BCUT2D eigenvalue weighted by molar-refractivity contribution is -0.133. The fraction of sp³-hybridized carbons (Fsp3) is 0.385. The number of urea groups is 2. The minimum atomic E-state index is -1.06. The van der Waals surface area contributed by atoms with Crippen molar-refractivity contribution in [2.45, 2.75) is 31.8 Å². The van der Waals surface area contributed by atoms with Crippen LogP contribution in [-0.2, 0) is 11.3 Å². The van der Waals surface area contributed by atoms with Crippen LogP contribution in [0.15, 0.2) is 48.5 Å². The van der Waals surface area contributed by atoms with Crippen molar-refractivity contribution in [3.63, 3.8) is 0 Å². The molecule has 2 N–H and O–H groups in total. The molecule has 9 nitrogen and oxygen atoms in total. The summed E-state index contributed by atoms with van der Waals surface area (Å²) < 4.78 is 13.2. The number of anilines is 1. The number of nitrogens with one attached hydrogen (secondary N) is 2. The third-order valence-corrected chi connectivity index (χ3v) is 7.42. The minimum Gasteiger partial charge on any atom is -0.339 e. The monoisotopic (exact) mass is 493 g/mol. The number of rotatable bonds is 5. The molecule has 10 heteroatoms. The van der Waals surface area contributed by atoms with Gasteiger partial charge in [-0.15, -0.1) is 0 Å². The molecule has 2 aromatic carbocycles. The SMILES string of the molecule is CC1(C2CCN(C(=O)c3cccc(N4CCNC4=O)c3)CC2)NC(=O)N(Cc2ccc(F)cc2)C1=O. The second kappa shape index (κ2) is 9.25. The van der Waals surface area contributed by atoms with Gasteiger partial charge in [0.1, 0.15) is 11.4 Å². The zero-order valence-electron chi connectivity index (χ0n) is 20.0. The third kappa shape index (κ3) is 4.27. The van der Waals surface area contributed by atoms with Gasteiger partial charge in [0.15, 0.2) is 0 Å². The zero-order chi connectivity index (χ0) is 25.4. The Labute approximate surface area is 208 Å². The van der Waals surface area contributed by atoms with Gasteiger partial charge < -0.3 is 15.5 Å². The molecular formula is C26H28FN5O4. The van der Waals surface area contributed by atoms with Crippen LogP contribution in [0.1, 0.15) is 35.7 Å². The van der Waals surface area contributed by atoms with E-state index in [1.165, 1.54) is 17.0 Å². The quantitative estimate of drug-likeness (QED) is 0.626. The van der Waals surface area contributed by atoms with Crippen LogP contribution >= 0.6 is 0 Å². The van der Waals surface area contributed by atoms with Crippen molar-refractivity contribution < 1.29 is 23.6 Å². The number of imide groups is 1. The molecule has 5 rings (SSSR count). The molecule has 3 heterocycles. The van der Waals surface area contributed by atoms with E-state index < -0.39 is 11.6 Å². The highest BCUT2D eigenvalue weighted by Crippen LogP contribution is 2.34. The maximum atomic E-state index is 13.3. The number of carbonyl (C=O) groups is 4. The van der Waals surface area contributed by atoms with Crippen LogP contribution < -0.4 is 15.5 Å². The van der Waals surface area contributed by atoms with Gasteiger partial charge in [0.2, 0.25) is 0 Å². The van der Waals surface area contributed by atoms with Crippen molar-refractivity contribution in [3.8, 4) is 0 Å². The lowest BCUT2D eigenvalue weighted by atomic mass is 9.78. The van der Waals surface area contributed by atoms with E-state index >= 15 is 0 Å².